The predicted molar refractivity (Wildman–Crippen MR) is 77.0 cm³/mol. The number of hydrogen-bond donors (Lipinski definition) is 1. The second kappa shape index (κ2) is 9.71. The van der Waals surface area contributed by atoms with Crippen LogP contribution in [0.5, 0.6) is 0 Å². The second-order valence-electron chi connectivity index (χ2n) is 2.92. The van der Waals surface area contributed by atoms with E-state index < -0.39 is 0 Å². The van der Waals surface area contributed by atoms with Crippen LogP contribution >= 0.6 is 22.6 Å². The van der Waals surface area contributed by atoms with Gasteiger partial charge >= 0.3 is 0 Å². The Kier molecular flexibility index (Phi) is 9.16. The van der Waals surface area contributed by atoms with E-state index >= 15 is 0 Å². The number of nitrogens with zero attached hydrogens (tertiary/aromatic N) is 1. The van der Waals surface area contributed by atoms with Crippen molar-refractivity contribution in [3.8, 4) is 0 Å². The standard InChI is InChI=1S/C12H17IN2/c1-3-4-5-6-11(2)7-8-12(13)15-10-9-14/h3-11H,14H2,1-2H3/b4-3-,6-5-,8-7-,10-9-,15-12-. The highest BCUT2D eigenvalue weighted by Gasteiger charge is 1.89. The van der Waals surface area contributed by atoms with E-state index in [1.54, 1.807) is 6.20 Å². The Labute approximate surface area is 105 Å². The number of aliphatic imine (C=N–C) groups is 1. The minimum atomic E-state index is 0.406. The van der Waals surface area contributed by atoms with Gasteiger partial charge in [-0.1, -0.05) is 37.3 Å². The van der Waals surface area contributed by atoms with Crippen LogP contribution in [0, 0.1) is 5.92 Å². The molecule has 0 aromatic carbocycles. The summed E-state index contributed by atoms with van der Waals surface area (Å²) in [4.78, 5) is 4.08. The van der Waals surface area contributed by atoms with E-state index in [1.807, 2.05) is 31.2 Å². The second-order valence-corrected chi connectivity index (χ2v) is 4.03. The van der Waals surface area contributed by atoms with Gasteiger partial charge in [0.1, 0.15) is 3.72 Å². The van der Waals surface area contributed by atoms with Gasteiger partial charge in [-0.25, -0.2) is 4.99 Å². The monoisotopic (exact) mass is 316 g/mol. The van der Waals surface area contributed by atoms with Crippen LogP contribution in [-0.2, 0) is 0 Å². The molecule has 0 spiro atoms. The number of nitrogens with two attached hydrogens (primary N) is 1. The van der Waals surface area contributed by atoms with Crippen molar-refractivity contribution in [2.75, 3.05) is 0 Å². The van der Waals surface area contributed by atoms with Crippen molar-refractivity contribution in [1.29, 1.82) is 0 Å². The highest BCUT2D eigenvalue weighted by Crippen LogP contribution is 2.02. The van der Waals surface area contributed by atoms with E-state index in [1.165, 1.54) is 6.20 Å². The number of rotatable bonds is 5. The molecule has 0 heterocycles. The average molecular weight is 316 g/mol. The van der Waals surface area contributed by atoms with Crippen LogP contribution in [0.3, 0.4) is 0 Å². The highest BCUT2D eigenvalue weighted by molar-refractivity contribution is 14.1. The molecule has 0 amide bonds. The summed E-state index contributed by atoms with van der Waals surface area (Å²) in [5, 5.41) is 0. The molecule has 0 saturated heterocycles. The van der Waals surface area contributed by atoms with Crippen molar-refractivity contribution in [2.24, 2.45) is 16.6 Å². The first kappa shape index (κ1) is 14.2. The normalized spacial score (nSPS) is 16.3. The average Bonchev–Trinajstić information content (AvgIpc) is 2.24. The minimum Gasteiger partial charge on any atom is -0.403 e. The molecule has 3 heteroatoms. The van der Waals surface area contributed by atoms with Crippen molar-refractivity contribution < 1.29 is 0 Å². The Balaban J connectivity index is 4.15. The summed E-state index contributed by atoms with van der Waals surface area (Å²) < 4.78 is 0.917. The van der Waals surface area contributed by atoms with E-state index in [0.717, 1.165) is 3.72 Å². The van der Waals surface area contributed by atoms with E-state index in [-0.39, 0.29) is 0 Å². The summed E-state index contributed by atoms with van der Waals surface area (Å²) in [6.45, 7) is 4.12. The summed E-state index contributed by atoms with van der Waals surface area (Å²) in [7, 11) is 0. The van der Waals surface area contributed by atoms with Crippen molar-refractivity contribution in [1.82, 2.24) is 0 Å². The molecule has 0 aliphatic carbocycles. The van der Waals surface area contributed by atoms with Crippen LogP contribution < -0.4 is 5.73 Å². The van der Waals surface area contributed by atoms with Crippen molar-refractivity contribution in [3.63, 3.8) is 0 Å². The maximum absolute atomic E-state index is 5.18. The first-order valence-corrected chi connectivity index (χ1v) is 5.86. The maximum Gasteiger partial charge on any atom is 0.101 e. The molecule has 0 aliphatic rings. The molecule has 0 rings (SSSR count). The highest BCUT2D eigenvalue weighted by atomic mass is 127. The van der Waals surface area contributed by atoms with Gasteiger partial charge in [-0.15, -0.1) is 0 Å². The fourth-order valence-corrected chi connectivity index (χ4v) is 1.17. The molecule has 0 aromatic heterocycles. The van der Waals surface area contributed by atoms with Crippen LogP contribution in [0.4, 0.5) is 0 Å². The fraction of sp³-hybridized carbons (Fsp3) is 0.250. The van der Waals surface area contributed by atoms with Crippen LogP contribution in [0.1, 0.15) is 13.8 Å². The van der Waals surface area contributed by atoms with Crippen LogP contribution in [0.2, 0.25) is 0 Å². The Morgan fingerprint density at radius 1 is 1.33 bits per heavy atom. The van der Waals surface area contributed by atoms with Crippen LogP contribution in [0.25, 0.3) is 0 Å². The fourth-order valence-electron chi connectivity index (χ4n) is 0.803. The zero-order valence-electron chi connectivity index (χ0n) is 9.10. The molecule has 0 aromatic rings. The zero-order valence-corrected chi connectivity index (χ0v) is 11.3. The van der Waals surface area contributed by atoms with Gasteiger partial charge in [0.25, 0.3) is 0 Å². The molecular weight excluding hydrogens is 299 g/mol. The molecule has 0 fully saturated rings. The molecule has 82 valence electrons. The molecule has 15 heavy (non-hydrogen) atoms. The van der Waals surface area contributed by atoms with Gasteiger partial charge in [-0.2, -0.15) is 0 Å². The minimum absolute atomic E-state index is 0.406. The number of hydrogen-bond acceptors (Lipinski definition) is 2. The SMILES string of the molecule is C/C=C\C=C/C(C)\C=C/C(I)=N/C=C\N. The summed E-state index contributed by atoms with van der Waals surface area (Å²) in [6.07, 6.45) is 15.2. The first-order valence-electron chi connectivity index (χ1n) is 4.78. The third-order valence-electron chi connectivity index (χ3n) is 1.54. The van der Waals surface area contributed by atoms with E-state index in [4.69, 9.17) is 5.73 Å². The number of allylic oxidation sites excluding steroid dienone is 6. The van der Waals surface area contributed by atoms with Gasteiger partial charge in [0.15, 0.2) is 0 Å². The molecular formula is C12H17IN2. The quantitative estimate of drug-likeness (QED) is 0.470. The first-order chi connectivity index (χ1) is 7.20. The number of halogens is 1. The van der Waals surface area contributed by atoms with E-state index in [9.17, 15) is 0 Å². The Morgan fingerprint density at radius 3 is 2.67 bits per heavy atom. The lowest BCUT2D eigenvalue weighted by molar-refractivity contribution is 0.941. The van der Waals surface area contributed by atoms with Gasteiger partial charge in [0.2, 0.25) is 0 Å². The molecule has 1 unspecified atom stereocenters. The molecule has 0 aliphatic heterocycles. The van der Waals surface area contributed by atoms with Crippen molar-refractivity contribution >= 4 is 26.3 Å². The summed E-state index contributed by atoms with van der Waals surface area (Å²) in [5.41, 5.74) is 5.18. The summed E-state index contributed by atoms with van der Waals surface area (Å²) in [6, 6.07) is 0. The van der Waals surface area contributed by atoms with Crippen molar-refractivity contribution in [2.45, 2.75) is 13.8 Å². The molecule has 1 atom stereocenters. The predicted octanol–water partition coefficient (Wildman–Crippen LogP) is 3.57. The molecule has 2 N–H and O–H groups in total. The van der Waals surface area contributed by atoms with Crippen LogP contribution in [0.15, 0.2) is 53.8 Å². The third kappa shape index (κ3) is 9.46. The zero-order chi connectivity index (χ0) is 11.5. The lowest BCUT2D eigenvalue weighted by Crippen LogP contribution is -1.85. The van der Waals surface area contributed by atoms with Gasteiger partial charge in [0, 0.05) is 12.4 Å². The topological polar surface area (TPSA) is 38.4 Å². The van der Waals surface area contributed by atoms with Gasteiger partial charge < -0.3 is 5.73 Å². The van der Waals surface area contributed by atoms with E-state index in [0.29, 0.717) is 5.92 Å². The smallest absolute Gasteiger partial charge is 0.101 e. The Morgan fingerprint density at radius 2 is 2.07 bits per heavy atom. The van der Waals surface area contributed by atoms with Crippen molar-refractivity contribution in [3.05, 3.63) is 48.9 Å². The van der Waals surface area contributed by atoms with Gasteiger partial charge in [-0.3, -0.25) is 0 Å². The summed E-state index contributed by atoms with van der Waals surface area (Å²) >= 11 is 2.16. The lowest BCUT2D eigenvalue weighted by Gasteiger charge is -1.95. The Bertz CT molecular complexity index is 299. The maximum atomic E-state index is 5.18. The summed E-state index contributed by atoms with van der Waals surface area (Å²) in [5.74, 6) is 0.406. The Hall–Kier alpha value is -0.840. The molecule has 0 bridgehead atoms. The van der Waals surface area contributed by atoms with Crippen LogP contribution in [-0.4, -0.2) is 3.72 Å². The van der Waals surface area contributed by atoms with Gasteiger partial charge in [-0.05, 0) is 41.5 Å². The molecule has 2 nitrogen and oxygen atoms in total. The van der Waals surface area contributed by atoms with Gasteiger partial charge in [0.05, 0.1) is 0 Å². The largest absolute Gasteiger partial charge is 0.403 e. The molecule has 0 saturated carbocycles. The molecule has 0 radical (unpaired) electrons. The van der Waals surface area contributed by atoms with E-state index in [2.05, 4.69) is 46.7 Å². The third-order valence-corrected chi connectivity index (χ3v) is 2.18. The lowest BCUT2D eigenvalue weighted by atomic mass is 10.1.